The van der Waals surface area contributed by atoms with E-state index < -0.39 is 6.10 Å². The van der Waals surface area contributed by atoms with Gasteiger partial charge in [0, 0.05) is 12.3 Å². The molecule has 1 saturated carbocycles. The van der Waals surface area contributed by atoms with E-state index in [-0.39, 0.29) is 30.1 Å². The Bertz CT molecular complexity index is 402. The summed E-state index contributed by atoms with van der Waals surface area (Å²) in [5.41, 5.74) is 0. The summed E-state index contributed by atoms with van der Waals surface area (Å²) in [6.07, 6.45) is 13.9. The minimum absolute atomic E-state index is 0.0328. The SMILES string of the molecule is CCCCC(O)CCC[C@H]1[C@H](O)CC(=O)[C@@H]1CCCC=CC=CO. The highest BCUT2D eigenvalue weighted by Crippen LogP contribution is 2.36. The van der Waals surface area contributed by atoms with Crippen LogP contribution in [0, 0.1) is 11.8 Å². The first-order valence-corrected chi connectivity index (χ1v) is 9.44. The summed E-state index contributed by atoms with van der Waals surface area (Å²) in [7, 11) is 0. The topological polar surface area (TPSA) is 77.8 Å². The van der Waals surface area contributed by atoms with E-state index in [2.05, 4.69) is 6.92 Å². The number of hydrogen-bond acceptors (Lipinski definition) is 4. The zero-order chi connectivity index (χ0) is 17.8. The molecule has 0 aromatic rings. The second kappa shape index (κ2) is 12.3. The van der Waals surface area contributed by atoms with Crippen molar-refractivity contribution >= 4 is 5.78 Å². The Morgan fingerprint density at radius 3 is 2.62 bits per heavy atom. The molecule has 0 spiro atoms. The second-order valence-corrected chi connectivity index (χ2v) is 6.94. The zero-order valence-corrected chi connectivity index (χ0v) is 14.9. The number of aliphatic hydroxyl groups is 3. The average Bonchev–Trinajstić information content (AvgIpc) is 2.82. The Kier molecular flexibility index (Phi) is 10.7. The Morgan fingerprint density at radius 2 is 1.92 bits per heavy atom. The summed E-state index contributed by atoms with van der Waals surface area (Å²) < 4.78 is 0. The summed E-state index contributed by atoms with van der Waals surface area (Å²) in [5, 5.41) is 28.6. The van der Waals surface area contributed by atoms with Gasteiger partial charge in [-0.15, -0.1) is 0 Å². The predicted octanol–water partition coefficient (Wildman–Crippen LogP) is 4.07. The van der Waals surface area contributed by atoms with Gasteiger partial charge in [0.15, 0.2) is 0 Å². The Labute approximate surface area is 146 Å². The number of aliphatic hydroxyl groups excluding tert-OH is 3. The first-order chi connectivity index (χ1) is 11.6. The normalized spacial score (nSPS) is 26.0. The Balaban J connectivity index is 2.35. The molecule has 0 heterocycles. The third-order valence-electron chi connectivity index (χ3n) is 5.02. The number of rotatable bonds is 12. The van der Waals surface area contributed by atoms with Crippen molar-refractivity contribution in [3.63, 3.8) is 0 Å². The summed E-state index contributed by atoms with van der Waals surface area (Å²) in [6, 6.07) is 0. The number of allylic oxidation sites excluding steroid dienone is 3. The molecule has 1 fully saturated rings. The molecule has 0 amide bonds. The molecule has 1 aliphatic carbocycles. The van der Waals surface area contributed by atoms with Gasteiger partial charge >= 0.3 is 0 Å². The fourth-order valence-corrected chi connectivity index (χ4v) is 3.64. The number of ketones is 1. The van der Waals surface area contributed by atoms with Crippen molar-refractivity contribution in [1.29, 1.82) is 0 Å². The van der Waals surface area contributed by atoms with Gasteiger partial charge in [-0.1, -0.05) is 38.3 Å². The molecule has 0 aliphatic heterocycles. The quantitative estimate of drug-likeness (QED) is 0.285. The van der Waals surface area contributed by atoms with Gasteiger partial charge < -0.3 is 15.3 Å². The molecule has 24 heavy (non-hydrogen) atoms. The summed E-state index contributed by atoms with van der Waals surface area (Å²) >= 11 is 0. The highest BCUT2D eigenvalue weighted by molar-refractivity contribution is 5.84. The van der Waals surface area contributed by atoms with Crippen molar-refractivity contribution < 1.29 is 20.1 Å². The van der Waals surface area contributed by atoms with Gasteiger partial charge in [-0.25, -0.2) is 0 Å². The molecule has 1 unspecified atom stereocenters. The van der Waals surface area contributed by atoms with E-state index in [9.17, 15) is 15.0 Å². The van der Waals surface area contributed by atoms with E-state index in [1.54, 1.807) is 12.2 Å². The van der Waals surface area contributed by atoms with Gasteiger partial charge in [-0.05, 0) is 50.5 Å². The lowest BCUT2D eigenvalue weighted by Gasteiger charge is -2.21. The Morgan fingerprint density at radius 1 is 1.17 bits per heavy atom. The second-order valence-electron chi connectivity index (χ2n) is 6.94. The van der Waals surface area contributed by atoms with E-state index in [0.717, 1.165) is 64.0 Å². The van der Waals surface area contributed by atoms with Crippen molar-refractivity contribution in [1.82, 2.24) is 0 Å². The standard InChI is InChI=1S/C20H34O4/c1-2-3-10-16(22)11-9-13-18-17(19(23)15-20(18)24)12-7-5-4-6-8-14-21/h4,6,8,14,16-18,20-22,24H,2-3,5,7,9-13,15H2,1H3/t16?,17-,18-,20-/m1/s1. The molecule has 1 rings (SSSR count). The number of unbranched alkanes of at least 4 members (excludes halogenated alkanes) is 2. The van der Waals surface area contributed by atoms with E-state index in [1.807, 2.05) is 6.08 Å². The monoisotopic (exact) mass is 338 g/mol. The maximum Gasteiger partial charge on any atom is 0.138 e. The van der Waals surface area contributed by atoms with Crippen LogP contribution in [0.1, 0.15) is 71.1 Å². The van der Waals surface area contributed by atoms with Crippen LogP contribution in [0.3, 0.4) is 0 Å². The van der Waals surface area contributed by atoms with E-state index >= 15 is 0 Å². The third-order valence-corrected chi connectivity index (χ3v) is 5.02. The predicted molar refractivity (Wildman–Crippen MR) is 96.8 cm³/mol. The van der Waals surface area contributed by atoms with E-state index in [0.29, 0.717) is 0 Å². The van der Waals surface area contributed by atoms with Gasteiger partial charge in [-0.2, -0.15) is 0 Å². The molecular formula is C20H34O4. The largest absolute Gasteiger partial charge is 0.516 e. The average molecular weight is 338 g/mol. The summed E-state index contributed by atoms with van der Waals surface area (Å²) in [4.78, 5) is 12.1. The van der Waals surface area contributed by atoms with Crippen molar-refractivity contribution in [3.05, 3.63) is 24.5 Å². The van der Waals surface area contributed by atoms with Crippen LogP contribution >= 0.6 is 0 Å². The highest BCUT2D eigenvalue weighted by Gasteiger charge is 2.40. The summed E-state index contributed by atoms with van der Waals surface area (Å²) in [6.45, 7) is 2.12. The highest BCUT2D eigenvalue weighted by atomic mass is 16.3. The molecule has 4 nitrogen and oxygen atoms in total. The van der Waals surface area contributed by atoms with Gasteiger partial charge in [0.05, 0.1) is 18.5 Å². The number of hydrogen-bond donors (Lipinski definition) is 3. The van der Waals surface area contributed by atoms with E-state index in [1.165, 1.54) is 0 Å². The van der Waals surface area contributed by atoms with Crippen molar-refractivity contribution in [2.24, 2.45) is 11.8 Å². The molecule has 0 saturated heterocycles. The maximum absolute atomic E-state index is 12.1. The van der Waals surface area contributed by atoms with Crippen LogP contribution in [0.2, 0.25) is 0 Å². The van der Waals surface area contributed by atoms with Crippen LogP contribution in [0.15, 0.2) is 24.5 Å². The number of Topliss-reactive ketones (excluding diaryl/α,β-unsaturated/α-hetero) is 1. The van der Waals surface area contributed by atoms with Gasteiger partial charge in [0.25, 0.3) is 0 Å². The van der Waals surface area contributed by atoms with Crippen LogP contribution in [-0.2, 0) is 4.79 Å². The smallest absolute Gasteiger partial charge is 0.138 e. The van der Waals surface area contributed by atoms with Crippen molar-refractivity contribution in [2.45, 2.75) is 83.3 Å². The molecule has 4 atom stereocenters. The van der Waals surface area contributed by atoms with Crippen LogP contribution in [0.5, 0.6) is 0 Å². The van der Waals surface area contributed by atoms with Gasteiger partial charge in [0.1, 0.15) is 5.78 Å². The molecule has 1 aliphatic rings. The van der Waals surface area contributed by atoms with Crippen molar-refractivity contribution in [2.75, 3.05) is 0 Å². The molecule has 3 N–H and O–H groups in total. The third kappa shape index (κ3) is 7.63. The number of carbonyl (C=O) groups excluding carboxylic acids is 1. The first-order valence-electron chi connectivity index (χ1n) is 9.44. The lowest BCUT2D eigenvalue weighted by atomic mass is 9.85. The molecule has 0 radical (unpaired) electrons. The van der Waals surface area contributed by atoms with E-state index in [4.69, 9.17) is 5.11 Å². The van der Waals surface area contributed by atoms with Gasteiger partial charge in [0.2, 0.25) is 0 Å². The first kappa shape index (κ1) is 20.9. The van der Waals surface area contributed by atoms with Gasteiger partial charge in [-0.3, -0.25) is 4.79 Å². The molecule has 138 valence electrons. The van der Waals surface area contributed by atoms with Crippen molar-refractivity contribution in [3.8, 4) is 0 Å². The number of carbonyl (C=O) groups is 1. The minimum Gasteiger partial charge on any atom is -0.516 e. The lowest BCUT2D eigenvalue weighted by molar-refractivity contribution is -0.121. The zero-order valence-electron chi connectivity index (χ0n) is 14.9. The maximum atomic E-state index is 12.1. The minimum atomic E-state index is -0.511. The van der Waals surface area contributed by atoms with Crippen LogP contribution in [-0.4, -0.2) is 33.3 Å². The fourth-order valence-electron chi connectivity index (χ4n) is 3.64. The lowest BCUT2D eigenvalue weighted by Crippen LogP contribution is -2.21. The summed E-state index contributed by atoms with van der Waals surface area (Å²) in [5.74, 6) is 0.213. The molecule has 0 bridgehead atoms. The molecule has 4 heteroatoms. The van der Waals surface area contributed by atoms with Crippen LogP contribution < -0.4 is 0 Å². The van der Waals surface area contributed by atoms with Crippen LogP contribution in [0.25, 0.3) is 0 Å². The molecular weight excluding hydrogens is 304 g/mol. The molecule has 0 aromatic carbocycles. The molecule has 0 aromatic heterocycles. The fraction of sp³-hybridized carbons (Fsp3) is 0.750. The van der Waals surface area contributed by atoms with Crippen LogP contribution in [0.4, 0.5) is 0 Å². The Hall–Kier alpha value is -1.13.